The molecule has 0 radical (unpaired) electrons. The maximum atomic E-state index is 12.8. The van der Waals surface area contributed by atoms with Crippen LogP contribution < -0.4 is 4.74 Å². The predicted octanol–water partition coefficient (Wildman–Crippen LogP) is 4.07. The average Bonchev–Trinajstić information content (AvgIpc) is 3.59. The van der Waals surface area contributed by atoms with E-state index >= 15 is 0 Å². The van der Waals surface area contributed by atoms with Gasteiger partial charge in [0.2, 0.25) is 17.7 Å². The Bertz CT molecular complexity index is 1010. The third-order valence-electron chi connectivity index (χ3n) is 5.60. The van der Waals surface area contributed by atoms with Gasteiger partial charge >= 0.3 is 0 Å². The van der Waals surface area contributed by atoms with Crippen molar-refractivity contribution in [2.75, 3.05) is 13.2 Å². The fourth-order valence-corrected chi connectivity index (χ4v) is 3.85. The quantitative estimate of drug-likeness (QED) is 0.425. The molecule has 0 spiro atoms. The Morgan fingerprint density at radius 1 is 1.06 bits per heavy atom. The van der Waals surface area contributed by atoms with E-state index in [4.69, 9.17) is 16.3 Å². The zero-order chi connectivity index (χ0) is 22.5. The SMILES string of the molecule is O=C1CCC(=O)N1CCOc1ccc(CN(C(=O)C=Cc2ccccc2Cl)C2CC2)cc1. The Kier molecular flexibility index (Phi) is 6.90. The van der Waals surface area contributed by atoms with E-state index < -0.39 is 0 Å². The van der Waals surface area contributed by atoms with Crippen molar-refractivity contribution < 1.29 is 19.1 Å². The smallest absolute Gasteiger partial charge is 0.247 e. The third kappa shape index (κ3) is 5.56. The number of carbonyl (C=O) groups excluding carboxylic acids is 3. The molecule has 7 heteroatoms. The molecule has 0 bridgehead atoms. The first kappa shape index (κ1) is 22.1. The van der Waals surface area contributed by atoms with Gasteiger partial charge in [0.25, 0.3) is 0 Å². The number of hydrogen-bond donors (Lipinski definition) is 0. The Hall–Kier alpha value is -3.12. The van der Waals surface area contributed by atoms with Gasteiger partial charge in [0.15, 0.2) is 0 Å². The lowest BCUT2D eigenvalue weighted by Gasteiger charge is -2.21. The minimum atomic E-state index is -0.137. The second kappa shape index (κ2) is 10.0. The first-order valence-electron chi connectivity index (χ1n) is 10.8. The summed E-state index contributed by atoms with van der Waals surface area (Å²) in [6.07, 6.45) is 5.95. The van der Waals surface area contributed by atoms with Crippen molar-refractivity contribution in [3.63, 3.8) is 0 Å². The minimum absolute atomic E-state index is 0.0345. The molecule has 6 nitrogen and oxygen atoms in total. The van der Waals surface area contributed by atoms with Crippen LogP contribution in [0.4, 0.5) is 0 Å². The second-order valence-corrected chi connectivity index (χ2v) is 8.39. The normalized spacial score (nSPS) is 16.1. The molecular formula is C25H25ClN2O4. The van der Waals surface area contributed by atoms with E-state index in [0.717, 1.165) is 24.0 Å². The minimum Gasteiger partial charge on any atom is -0.492 e. The van der Waals surface area contributed by atoms with Crippen molar-refractivity contribution in [1.82, 2.24) is 9.80 Å². The molecule has 3 amide bonds. The molecule has 2 aromatic carbocycles. The highest BCUT2D eigenvalue weighted by Gasteiger charge is 2.31. The van der Waals surface area contributed by atoms with Crippen molar-refractivity contribution in [2.24, 2.45) is 0 Å². The van der Waals surface area contributed by atoms with Gasteiger partial charge in [-0.1, -0.05) is 41.9 Å². The maximum absolute atomic E-state index is 12.8. The van der Waals surface area contributed by atoms with Crippen molar-refractivity contribution in [3.8, 4) is 5.75 Å². The van der Waals surface area contributed by atoms with Gasteiger partial charge in [0.05, 0.1) is 6.54 Å². The third-order valence-corrected chi connectivity index (χ3v) is 5.94. The summed E-state index contributed by atoms with van der Waals surface area (Å²) in [5.41, 5.74) is 1.82. The first-order chi connectivity index (χ1) is 15.5. The van der Waals surface area contributed by atoms with Gasteiger partial charge in [-0.15, -0.1) is 0 Å². The van der Waals surface area contributed by atoms with Crippen LogP contribution in [0.3, 0.4) is 0 Å². The van der Waals surface area contributed by atoms with Crippen LogP contribution >= 0.6 is 11.6 Å². The largest absolute Gasteiger partial charge is 0.492 e. The summed E-state index contributed by atoms with van der Waals surface area (Å²) in [7, 11) is 0. The summed E-state index contributed by atoms with van der Waals surface area (Å²) < 4.78 is 5.68. The molecule has 0 atom stereocenters. The van der Waals surface area contributed by atoms with E-state index in [-0.39, 0.29) is 49.8 Å². The van der Waals surface area contributed by atoms with Crippen molar-refractivity contribution in [1.29, 1.82) is 0 Å². The molecule has 1 aliphatic heterocycles. The van der Waals surface area contributed by atoms with E-state index in [9.17, 15) is 14.4 Å². The molecule has 2 fully saturated rings. The lowest BCUT2D eigenvalue weighted by molar-refractivity contribution is -0.138. The summed E-state index contributed by atoms with van der Waals surface area (Å²) in [5.74, 6) is 0.355. The summed E-state index contributed by atoms with van der Waals surface area (Å²) in [6, 6.07) is 15.2. The van der Waals surface area contributed by atoms with E-state index in [1.54, 1.807) is 18.2 Å². The van der Waals surface area contributed by atoms with Crippen LogP contribution in [-0.2, 0) is 20.9 Å². The van der Waals surface area contributed by atoms with Crippen molar-refractivity contribution in [2.45, 2.75) is 38.3 Å². The van der Waals surface area contributed by atoms with Crippen LogP contribution in [0.25, 0.3) is 6.08 Å². The first-order valence-corrected chi connectivity index (χ1v) is 11.2. The lowest BCUT2D eigenvalue weighted by Crippen LogP contribution is -2.33. The predicted molar refractivity (Wildman–Crippen MR) is 122 cm³/mol. The molecule has 0 aromatic heterocycles. The average molecular weight is 453 g/mol. The van der Waals surface area contributed by atoms with Crippen LogP contribution in [-0.4, -0.2) is 46.7 Å². The number of hydrogen-bond acceptors (Lipinski definition) is 4. The molecule has 4 rings (SSSR count). The number of nitrogens with zero attached hydrogens (tertiary/aromatic N) is 2. The van der Waals surface area contributed by atoms with Crippen LogP contribution in [0.1, 0.15) is 36.8 Å². The van der Waals surface area contributed by atoms with Gasteiger partial charge in [-0.05, 0) is 48.2 Å². The van der Waals surface area contributed by atoms with Gasteiger partial charge in [-0.2, -0.15) is 0 Å². The van der Waals surface area contributed by atoms with Gasteiger partial charge in [0, 0.05) is 36.5 Å². The molecule has 1 aliphatic carbocycles. The van der Waals surface area contributed by atoms with E-state index in [2.05, 4.69) is 0 Å². The molecule has 2 aliphatic rings. The molecule has 1 saturated heterocycles. The summed E-state index contributed by atoms with van der Waals surface area (Å²) in [5, 5.41) is 0.614. The topological polar surface area (TPSA) is 66.9 Å². The Balaban J connectivity index is 1.31. The highest BCUT2D eigenvalue weighted by Crippen LogP contribution is 2.29. The number of ether oxygens (including phenoxy) is 1. The van der Waals surface area contributed by atoms with E-state index in [1.807, 2.05) is 47.4 Å². The molecule has 2 aromatic rings. The molecular weight excluding hydrogens is 428 g/mol. The van der Waals surface area contributed by atoms with Gasteiger partial charge in [-0.3, -0.25) is 19.3 Å². The lowest BCUT2D eigenvalue weighted by atomic mass is 10.2. The Morgan fingerprint density at radius 2 is 1.75 bits per heavy atom. The maximum Gasteiger partial charge on any atom is 0.247 e. The van der Waals surface area contributed by atoms with E-state index in [1.165, 1.54) is 4.90 Å². The number of amides is 3. The standard InChI is InChI=1S/C25H25ClN2O4/c26-22-4-2-1-3-19(22)7-12-25(31)28(20-8-9-20)17-18-5-10-21(11-6-18)32-16-15-27-23(29)13-14-24(27)30/h1-7,10-12,20H,8-9,13-17H2. The molecule has 0 unspecified atom stereocenters. The van der Waals surface area contributed by atoms with Gasteiger partial charge < -0.3 is 9.64 Å². The van der Waals surface area contributed by atoms with Crippen molar-refractivity contribution >= 4 is 35.4 Å². The molecule has 1 heterocycles. The van der Waals surface area contributed by atoms with Crippen LogP contribution in [0, 0.1) is 0 Å². The van der Waals surface area contributed by atoms with Gasteiger partial charge in [0.1, 0.15) is 12.4 Å². The zero-order valence-electron chi connectivity index (χ0n) is 17.7. The molecule has 0 N–H and O–H groups in total. The Labute approximate surface area is 192 Å². The molecule has 1 saturated carbocycles. The second-order valence-electron chi connectivity index (χ2n) is 7.98. The van der Waals surface area contributed by atoms with Crippen molar-refractivity contribution in [3.05, 3.63) is 70.8 Å². The summed E-state index contributed by atoms with van der Waals surface area (Å²) >= 11 is 6.17. The molecule has 32 heavy (non-hydrogen) atoms. The number of rotatable bonds is 9. The fourth-order valence-electron chi connectivity index (χ4n) is 3.66. The summed E-state index contributed by atoms with van der Waals surface area (Å²) in [4.78, 5) is 39.2. The monoisotopic (exact) mass is 452 g/mol. The van der Waals surface area contributed by atoms with Gasteiger partial charge in [-0.25, -0.2) is 0 Å². The number of halogens is 1. The van der Waals surface area contributed by atoms with Crippen LogP contribution in [0.2, 0.25) is 5.02 Å². The highest BCUT2D eigenvalue weighted by molar-refractivity contribution is 6.32. The fraction of sp³-hybridized carbons (Fsp3) is 0.320. The highest BCUT2D eigenvalue weighted by atomic mass is 35.5. The number of carbonyl (C=O) groups is 3. The van der Waals surface area contributed by atoms with Crippen LogP contribution in [0.5, 0.6) is 5.75 Å². The zero-order valence-corrected chi connectivity index (χ0v) is 18.5. The molecule has 166 valence electrons. The number of benzene rings is 2. The number of likely N-dealkylation sites (tertiary alicyclic amines) is 1. The number of imide groups is 1. The van der Waals surface area contributed by atoms with Crippen LogP contribution in [0.15, 0.2) is 54.6 Å². The van der Waals surface area contributed by atoms with E-state index in [0.29, 0.717) is 17.3 Å². The Morgan fingerprint density at radius 3 is 2.41 bits per heavy atom. The summed E-state index contributed by atoms with van der Waals surface area (Å²) in [6.45, 7) is 1.05.